The second kappa shape index (κ2) is 8.04. The van der Waals surface area contributed by atoms with Crippen molar-refractivity contribution in [3.8, 4) is 0 Å². The molecule has 21 heavy (non-hydrogen) atoms. The molecule has 0 fully saturated rings. The van der Waals surface area contributed by atoms with Gasteiger partial charge in [-0.3, -0.25) is 4.98 Å². The number of carbonyl (C=O) groups is 1. The predicted molar refractivity (Wildman–Crippen MR) is 80.6 cm³/mol. The Morgan fingerprint density at radius 2 is 2.10 bits per heavy atom. The number of carbonyl (C=O) groups excluding carboxylic acids is 1. The first-order chi connectivity index (χ1) is 10.3. The number of nitrogens with zero attached hydrogens (tertiary/aromatic N) is 4. The number of hydrogen-bond acceptors (Lipinski definition) is 3. The standard InChI is InChI=1S/C15H21N5O/c1-2-18-15(21)20(12-14-4-6-16-7-5-14)10-3-9-19-11-8-17-13-19/h4-8,11,13H,2-3,9-10,12H2,1H3,(H,18,21). The van der Waals surface area contributed by atoms with Gasteiger partial charge in [0.15, 0.2) is 0 Å². The SMILES string of the molecule is CCNC(=O)N(CCCn1ccnc1)Cc1ccncc1. The van der Waals surface area contributed by atoms with Gasteiger partial charge in [0.1, 0.15) is 0 Å². The number of aryl methyl sites for hydroxylation is 1. The van der Waals surface area contributed by atoms with Crippen LogP contribution in [-0.4, -0.2) is 38.6 Å². The monoisotopic (exact) mass is 287 g/mol. The lowest BCUT2D eigenvalue weighted by atomic mass is 10.2. The van der Waals surface area contributed by atoms with Gasteiger partial charge in [-0.25, -0.2) is 9.78 Å². The molecule has 2 heterocycles. The summed E-state index contributed by atoms with van der Waals surface area (Å²) in [4.78, 5) is 22.0. The second-order valence-corrected chi connectivity index (χ2v) is 4.77. The quantitative estimate of drug-likeness (QED) is 0.846. The molecule has 112 valence electrons. The molecular formula is C15H21N5O. The number of amides is 2. The van der Waals surface area contributed by atoms with Crippen LogP contribution in [0.1, 0.15) is 18.9 Å². The second-order valence-electron chi connectivity index (χ2n) is 4.77. The normalized spacial score (nSPS) is 10.3. The molecule has 0 radical (unpaired) electrons. The zero-order valence-corrected chi connectivity index (χ0v) is 12.3. The summed E-state index contributed by atoms with van der Waals surface area (Å²) in [5.74, 6) is 0. The van der Waals surface area contributed by atoms with E-state index < -0.39 is 0 Å². The number of imidazole rings is 1. The Bertz CT molecular complexity index is 526. The van der Waals surface area contributed by atoms with Crippen molar-refractivity contribution >= 4 is 6.03 Å². The topological polar surface area (TPSA) is 63.1 Å². The molecule has 0 aliphatic rings. The molecule has 0 aromatic carbocycles. The van der Waals surface area contributed by atoms with Crippen molar-refractivity contribution in [2.75, 3.05) is 13.1 Å². The maximum absolute atomic E-state index is 12.1. The smallest absolute Gasteiger partial charge is 0.317 e. The Labute approximate surface area is 124 Å². The van der Waals surface area contributed by atoms with E-state index in [0.717, 1.165) is 18.5 Å². The first-order valence-electron chi connectivity index (χ1n) is 7.17. The highest BCUT2D eigenvalue weighted by molar-refractivity contribution is 5.74. The van der Waals surface area contributed by atoms with E-state index in [4.69, 9.17) is 0 Å². The average molecular weight is 287 g/mol. The van der Waals surface area contributed by atoms with E-state index in [2.05, 4.69) is 15.3 Å². The van der Waals surface area contributed by atoms with Crippen molar-refractivity contribution in [3.63, 3.8) is 0 Å². The lowest BCUT2D eigenvalue weighted by molar-refractivity contribution is 0.194. The zero-order chi connectivity index (χ0) is 14.9. The summed E-state index contributed by atoms with van der Waals surface area (Å²) >= 11 is 0. The van der Waals surface area contributed by atoms with Gasteiger partial charge >= 0.3 is 6.03 Å². The van der Waals surface area contributed by atoms with Gasteiger partial charge in [0, 0.05) is 51.0 Å². The lowest BCUT2D eigenvalue weighted by Gasteiger charge is -2.23. The summed E-state index contributed by atoms with van der Waals surface area (Å²) in [6.07, 6.45) is 9.86. The third kappa shape index (κ3) is 4.91. The van der Waals surface area contributed by atoms with Crippen LogP contribution in [-0.2, 0) is 13.1 Å². The largest absolute Gasteiger partial charge is 0.338 e. The van der Waals surface area contributed by atoms with Crippen LogP contribution in [0.3, 0.4) is 0 Å². The van der Waals surface area contributed by atoms with Crippen LogP contribution >= 0.6 is 0 Å². The fourth-order valence-corrected chi connectivity index (χ4v) is 2.09. The molecule has 0 aliphatic heterocycles. The third-order valence-electron chi connectivity index (χ3n) is 3.14. The number of urea groups is 1. The van der Waals surface area contributed by atoms with Crippen molar-refractivity contribution < 1.29 is 4.79 Å². The van der Waals surface area contributed by atoms with Crippen LogP contribution in [0, 0.1) is 0 Å². The summed E-state index contributed by atoms with van der Waals surface area (Å²) in [5.41, 5.74) is 1.08. The van der Waals surface area contributed by atoms with Crippen LogP contribution in [0.4, 0.5) is 4.79 Å². The Morgan fingerprint density at radius 3 is 2.76 bits per heavy atom. The van der Waals surface area contributed by atoms with Gasteiger partial charge in [-0.05, 0) is 31.0 Å². The summed E-state index contributed by atoms with van der Waals surface area (Å²) in [7, 11) is 0. The number of rotatable bonds is 7. The van der Waals surface area contributed by atoms with Crippen LogP contribution in [0.15, 0.2) is 43.2 Å². The van der Waals surface area contributed by atoms with E-state index in [1.807, 2.05) is 34.7 Å². The van der Waals surface area contributed by atoms with Crippen LogP contribution in [0.2, 0.25) is 0 Å². The van der Waals surface area contributed by atoms with Crippen molar-refractivity contribution in [1.29, 1.82) is 0 Å². The predicted octanol–water partition coefficient (Wildman–Crippen LogP) is 1.90. The van der Waals surface area contributed by atoms with Gasteiger partial charge in [0.25, 0.3) is 0 Å². The molecule has 1 N–H and O–H groups in total. The van der Waals surface area contributed by atoms with Crippen LogP contribution in [0.5, 0.6) is 0 Å². The fraction of sp³-hybridized carbons (Fsp3) is 0.400. The highest BCUT2D eigenvalue weighted by Gasteiger charge is 2.12. The molecule has 0 spiro atoms. The van der Waals surface area contributed by atoms with E-state index in [1.165, 1.54) is 0 Å². The summed E-state index contributed by atoms with van der Waals surface area (Å²) < 4.78 is 2.02. The zero-order valence-electron chi connectivity index (χ0n) is 12.3. The minimum Gasteiger partial charge on any atom is -0.338 e. The van der Waals surface area contributed by atoms with E-state index in [9.17, 15) is 4.79 Å². The fourth-order valence-electron chi connectivity index (χ4n) is 2.09. The summed E-state index contributed by atoms with van der Waals surface area (Å²) in [5, 5.41) is 2.86. The molecule has 6 heteroatoms. The highest BCUT2D eigenvalue weighted by Crippen LogP contribution is 2.05. The molecule has 0 atom stereocenters. The van der Waals surface area contributed by atoms with Crippen molar-refractivity contribution in [2.24, 2.45) is 0 Å². The Balaban J connectivity index is 1.90. The summed E-state index contributed by atoms with van der Waals surface area (Å²) in [6.45, 7) is 4.71. The molecule has 2 amide bonds. The molecule has 0 aliphatic carbocycles. The minimum absolute atomic E-state index is 0.0278. The van der Waals surface area contributed by atoms with Crippen LogP contribution in [0.25, 0.3) is 0 Å². The van der Waals surface area contributed by atoms with E-state index in [-0.39, 0.29) is 6.03 Å². The molecule has 2 aromatic heterocycles. The molecule has 2 rings (SSSR count). The summed E-state index contributed by atoms with van der Waals surface area (Å²) in [6, 6.07) is 3.84. The third-order valence-corrected chi connectivity index (χ3v) is 3.14. The Kier molecular flexibility index (Phi) is 5.75. The van der Waals surface area contributed by atoms with Gasteiger partial charge in [-0.15, -0.1) is 0 Å². The molecule has 0 bridgehead atoms. The van der Waals surface area contributed by atoms with Crippen molar-refractivity contribution in [2.45, 2.75) is 26.4 Å². The van der Waals surface area contributed by atoms with Gasteiger partial charge in [0.2, 0.25) is 0 Å². The molecular weight excluding hydrogens is 266 g/mol. The number of pyridine rings is 1. The Morgan fingerprint density at radius 1 is 1.29 bits per heavy atom. The van der Waals surface area contributed by atoms with Gasteiger partial charge in [-0.1, -0.05) is 0 Å². The van der Waals surface area contributed by atoms with Crippen molar-refractivity contribution in [3.05, 3.63) is 48.8 Å². The maximum Gasteiger partial charge on any atom is 0.317 e. The van der Waals surface area contributed by atoms with Crippen LogP contribution < -0.4 is 5.32 Å². The minimum atomic E-state index is -0.0278. The first-order valence-corrected chi connectivity index (χ1v) is 7.17. The molecule has 2 aromatic rings. The van der Waals surface area contributed by atoms with E-state index in [1.54, 1.807) is 24.9 Å². The molecule has 6 nitrogen and oxygen atoms in total. The molecule has 0 saturated heterocycles. The number of hydrogen-bond donors (Lipinski definition) is 1. The van der Waals surface area contributed by atoms with E-state index in [0.29, 0.717) is 19.6 Å². The maximum atomic E-state index is 12.1. The van der Waals surface area contributed by atoms with Crippen molar-refractivity contribution in [1.82, 2.24) is 24.8 Å². The van der Waals surface area contributed by atoms with Gasteiger partial charge in [-0.2, -0.15) is 0 Å². The molecule has 0 unspecified atom stereocenters. The van der Waals surface area contributed by atoms with E-state index >= 15 is 0 Å². The lowest BCUT2D eigenvalue weighted by Crippen LogP contribution is -2.40. The van der Waals surface area contributed by atoms with Gasteiger partial charge < -0.3 is 14.8 Å². The number of nitrogens with one attached hydrogen (secondary N) is 1. The molecule has 0 saturated carbocycles. The Hall–Kier alpha value is -2.37. The van der Waals surface area contributed by atoms with Gasteiger partial charge in [0.05, 0.1) is 6.33 Å². The average Bonchev–Trinajstić information content (AvgIpc) is 3.01. The first kappa shape index (κ1) is 15.0. The number of aromatic nitrogens is 3. The highest BCUT2D eigenvalue weighted by atomic mass is 16.2.